The van der Waals surface area contributed by atoms with E-state index in [1.165, 1.54) is 19.4 Å². The summed E-state index contributed by atoms with van der Waals surface area (Å²) in [5.41, 5.74) is 5.52. The molecule has 1 amide bonds. The first-order valence-corrected chi connectivity index (χ1v) is 7.45. The van der Waals surface area contributed by atoms with E-state index in [0.717, 1.165) is 31.8 Å². The van der Waals surface area contributed by atoms with Crippen LogP contribution in [-0.2, 0) is 9.53 Å². The highest BCUT2D eigenvalue weighted by Crippen LogP contribution is 2.30. The highest BCUT2D eigenvalue weighted by Gasteiger charge is 2.27. The van der Waals surface area contributed by atoms with Crippen LogP contribution in [0.2, 0.25) is 0 Å². The summed E-state index contributed by atoms with van der Waals surface area (Å²) in [6.45, 7) is 3.89. The lowest BCUT2D eigenvalue weighted by atomic mass is 10.0. The summed E-state index contributed by atoms with van der Waals surface area (Å²) >= 11 is 0. The maximum absolute atomic E-state index is 11.8. The van der Waals surface area contributed by atoms with Crippen molar-refractivity contribution >= 4 is 5.91 Å². The molecule has 5 nitrogen and oxygen atoms in total. The lowest BCUT2D eigenvalue weighted by Crippen LogP contribution is -2.46. The van der Waals surface area contributed by atoms with Crippen LogP contribution < -0.4 is 11.1 Å². The van der Waals surface area contributed by atoms with Crippen LogP contribution in [-0.4, -0.2) is 56.2 Å². The highest BCUT2D eigenvalue weighted by molar-refractivity contribution is 5.76. The Morgan fingerprint density at radius 2 is 2.05 bits per heavy atom. The fraction of sp³-hybridized carbons (Fsp3) is 0.929. The van der Waals surface area contributed by atoms with Gasteiger partial charge in [0.15, 0.2) is 0 Å². The van der Waals surface area contributed by atoms with Crippen LogP contribution in [0.1, 0.15) is 32.1 Å². The number of carbonyl (C=O) groups is 1. The summed E-state index contributed by atoms with van der Waals surface area (Å²) < 4.78 is 5.13. The zero-order chi connectivity index (χ0) is 13.7. The van der Waals surface area contributed by atoms with E-state index in [2.05, 4.69) is 10.2 Å². The minimum absolute atomic E-state index is 0.0675. The smallest absolute Gasteiger partial charge is 0.222 e. The molecular formula is C14H27N3O2. The van der Waals surface area contributed by atoms with Crippen molar-refractivity contribution in [2.75, 3.05) is 33.3 Å². The van der Waals surface area contributed by atoms with Crippen LogP contribution in [0.3, 0.4) is 0 Å². The van der Waals surface area contributed by atoms with E-state index in [4.69, 9.17) is 10.5 Å². The maximum atomic E-state index is 11.8. The van der Waals surface area contributed by atoms with Gasteiger partial charge in [-0.15, -0.1) is 0 Å². The van der Waals surface area contributed by atoms with Gasteiger partial charge < -0.3 is 20.7 Å². The van der Waals surface area contributed by atoms with Gasteiger partial charge in [-0.05, 0) is 31.6 Å². The Kier molecular flexibility index (Phi) is 5.60. The topological polar surface area (TPSA) is 67.6 Å². The van der Waals surface area contributed by atoms with E-state index in [-0.39, 0.29) is 12.0 Å². The SMILES string of the molecule is COC(CN)CC(=O)NC1CCN(CC2CC2)CC1. The normalized spacial score (nSPS) is 23.3. The molecule has 110 valence electrons. The van der Waals surface area contributed by atoms with Crippen molar-refractivity contribution in [1.29, 1.82) is 0 Å². The monoisotopic (exact) mass is 269 g/mol. The number of amides is 1. The van der Waals surface area contributed by atoms with Gasteiger partial charge in [0.05, 0.1) is 12.5 Å². The molecule has 2 aliphatic rings. The third-order valence-corrected chi connectivity index (χ3v) is 4.18. The van der Waals surface area contributed by atoms with Crippen molar-refractivity contribution in [1.82, 2.24) is 10.2 Å². The van der Waals surface area contributed by atoms with Gasteiger partial charge in [-0.2, -0.15) is 0 Å². The summed E-state index contributed by atoms with van der Waals surface area (Å²) in [6.07, 6.45) is 5.17. The number of carbonyl (C=O) groups excluding carboxylic acids is 1. The van der Waals surface area contributed by atoms with E-state index in [0.29, 0.717) is 19.0 Å². The fourth-order valence-corrected chi connectivity index (χ4v) is 2.68. The molecule has 3 N–H and O–H groups in total. The van der Waals surface area contributed by atoms with E-state index < -0.39 is 0 Å². The fourth-order valence-electron chi connectivity index (χ4n) is 2.68. The standard InChI is InChI=1S/C14H27N3O2/c1-19-13(9-15)8-14(18)16-12-4-6-17(7-5-12)10-11-2-3-11/h11-13H,2-10,15H2,1H3,(H,16,18). The first-order chi connectivity index (χ1) is 9.21. The van der Waals surface area contributed by atoms with Gasteiger partial charge in [-0.25, -0.2) is 0 Å². The van der Waals surface area contributed by atoms with Crippen molar-refractivity contribution in [3.05, 3.63) is 0 Å². The van der Waals surface area contributed by atoms with Crippen molar-refractivity contribution in [3.63, 3.8) is 0 Å². The maximum Gasteiger partial charge on any atom is 0.222 e. The summed E-state index contributed by atoms with van der Waals surface area (Å²) in [4.78, 5) is 14.4. The van der Waals surface area contributed by atoms with Crippen LogP contribution in [0.5, 0.6) is 0 Å². The molecule has 1 saturated heterocycles. The van der Waals surface area contributed by atoms with E-state index in [1.54, 1.807) is 7.11 Å². The van der Waals surface area contributed by atoms with E-state index >= 15 is 0 Å². The van der Waals surface area contributed by atoms with Gasteiger partial charge in [-0.1, -0.05) is 0 Å². The first-order valence-electron chi connectivity index (χ1n) is 7.45. The third-order valence-electron chi connectivity index (χ3n) is 4.18. The number of methoxy groups -OCH3 is 1. The van der Waals surface area contributed by atoms with Crippen LogP contribution in [0, 0.1) is 5.92 Å². The average Bonchev–Trinajstić information content (AvgIpc) is 3.22. The number of likely N-dealkylation sites (tertiary alicyclic amines) is 1. The molecule has 1 aliphatic heterocycles. The number of rotatable bonds is 7. The number of nitrogens with zero attached hydrogens (tertiary/aromatic N) is 1. The molecule has 1 atom stereocenters. The van der Waals surface area contributed by atoms with Gasteiger partial charge >= 0.3 is 0 Å². The van der Waals surface area contributed by atoms with E-state index in [9.17, 15) is 4.79 Å². The molecule has 19 heavy (non-hydrogen) atoms. The quantitative estimate of drug-likeness (QED) is 0.699. The molecule has 2 fully saturated rings. The summed E-state index contributed by atoms with van der Waals surface area (Å²) in [6, 6.07) is 0.332. The van der Waals surface area contributed by atoms with Crippen LogP contribution >= 0.6 is 0 Å². The van der Waals surface area contributed by atoms with Gasteiger partial charge in [-0.3, -0.25) is 4.79 Å². The molecule has 1 heterocycles. The molecule has 1 saturated carbocycles. The number of nitrogens with two attached hydrogens (primary N) is 1. The predicted molar refractivity (Wildman–Crippen MR) is 74.8 cm³/mol. The summed E-state index contributed by atoms with van der Waals surface area (Å²) in [7, 11) is 1.60. The van der Waals surface area contributed by atoms with Gasteiger partial charge in [0, 0.05) is 39.3 Å². The van der Waals surface area contributed by atoms with Crippen LogP contribution in [0.15, 0.2) is 0 Å². The Hall–Kier alpha value is -0.650. The van der Waals surface area contributed by atoms with Crippen molar-refractivity contribution in [2.24, 2.45) is 11.7 Å². The molecule has 0 radical (unpaired) electrons. The first kappa shape index (κ1) is 14.8. The minimum Gasteiger partial charge on any atom is -0.380 e. The Morgan fingerprint density at radius 3 is 2.58 bits per heavy atom. The van der Waals surface area contributed by atoms with Crippen molar-refractivity contribution in [3.8, 4) is 0 Å². The largest absolute Gasteiger partial charge is 0.380 e. The average molecular weight is 269 g/mol. The Labute approximate surface area is 115 Å². The zero-order valence-corrected chi connectivity index (χ0v) is 11.9. The van der Waals surface area contributed by atoms with Crippen molar-refractivity contribution < 1.29 is 9.53 Å². The lowest BCUT2D eigenvalue weighted by molar-refractivity contribution is -0.124. The second-order valence-corrected chi connectivity index (χ2v) is 5.88. The zero-order valence-electron chi connectivity index (χ0n) is 11.9. The van der Waals surface area contributed by atoms with Gasteiger partial charge in [0.25, 0.3) is 0 Å². The number of nitrogens with one attached hydrogen (secondary N) is 1. The predicted octanol–water partition coefficient (Wildman–Crippen LogP) is 0.341. The lowest BCUT2D eigenvalue weighted by Gasteiger charge is -2.32. The van der Waals surface area contributed by atoms with Crippen molar-refractivity contribution in [2.45, 2.75) is 44.2 Å². The second kappa shape index (κ2) is 7.22. The molecule has 2 rings (SSSR count). The summed E-state index contributed by atoms with van der Waals surface area (Å²) in [5, 5.41) is 3.11. The van der Waals surface area contributed by atoms with Gasteiger partial charge in [0.2, 0.25) is 5.91 Å². The number of hydrogen-bond acceptors (Lipinski definition) is 4. The molecule has 5 heteroatoms. The minimum atomic E-state index is -0.157. The number of piperidine rings is 1. The molecule has 1 aliphatic carbocycles. The van der Waals surface area contributed by atoms with Gasteiger partial charge in [0.1, 0.15) is 0 Å². The molecule has 0 aromatic heterocycles. The molecule has 0 aromatic rings. The Morgan fingerprint density at radius 1 is 1.37 bits per heavy atom. The third kappa shape index (κ3) is 5.09. The van der Waals surface area contributed by atoms with Crippen LogP contribution in [0.4, 0.5) is 0 Å². The Balaban J connectivity index is 1.62. The Bertz CT molecular complexity index is 282. The number of ether oxygens (including phenoxy) is 1. The molecule has 0 spiro atoms. The highest BCUT2D eigenvalue weighted by atomic mass is 16.5. The second-order valence-electron chi connectivity index (χ2n) is 5.88. The van der Waals surface area contributed by atoms with Crippen LogP contribution in [0.25, 0.3) is 0 Å². The molecule has 0 aromatic carbocycles. The number of hydrogen-bond donors (Lipinski definition) is 2. The summed E-state index contributed by atoms with van der Waals surface area (Å²) in [5.74, 6) is 1.02. The molecular weight excluding hydrogens is 242 g/mol. The molecule has 0 bridgehead atoms. The molecule has 1 unspecified atom stereocenters. The van der Waals surface area contributed by atoms with E-state index in [1.807, 2.05) is 0 Å².